The lowest BCUT2D eigenvalue weighted by atomic mass is 10.2. The maximum Gasteiger partial charge on any atom is 0.317 e. The molecule has 0 aromatic carbocycles. The Morgan fingerprint density at radius 3 is 2.50 bits per heavy atom. The molecule has 4 heteroatoms. The average Bonchev–Trinajstić information content (AvgIpc) is 2.03. The van der Waals surface area contributed by atoms with Crippen LogP contribution in [0.4, 0.5) is 4.79 Å². The first kappa shape index (κ1) is 11.2. The average molecular weight is 174 g/mol. The van der Waals surface area contributed by atoms with Gasteiger partial charge in [-0.1, -0.05) is 6.92 Å². The van der Waals surface area contributed by atoms with Crippen LogP contribution in [0, 0.1) is 0 Å². The van der Waals surface area contributed by atoms with E-state index < -0.39 is 0 Å². The van der Waals surface area contributed by atoms with Crippen LogP contribution in [0.5, 0.6) is 0 Å². The summed E-state index contributed by atoms with van der Waals surface area (Å²) in [5, 5.41) is 11.4. The molecule has 2 amide bonds. The molecule has 1 unspecified atom stereocenters. The summed E-state index contributed by atoms with van der Waals surface area (Å²) in [4.78, 5) is 12.6. The van der Waals surface area contributed by atoms with Crippen LogP contribution in [0.1, 0.15) is 19.8 Å². The van der Waals surface area contributed by atoms with Gasteiger partial charge in [0, 0.05) is 26.7 Å². The normalized spacial score (nSPS) is 12.3. The summed E-state index contributed by atoms with van der Waals surface area (Å²) < 4.78 is 0. The van der Waals surface area contributed by atoms with E-state index in [2.05, 4.69) is 5.32 Å². The molecule has 72 valence electrons. The van der Waals surface area contributed by atoms with Gasteiger partial charge in [-0.25, -0.2) is 4.79 Å². The third-order valence-corrected chi connectivity index (χ3v) is 1.70. The van der Waals surface area contributed by atoms with Gasteiger partial charge >= 0.3 is 6.03 Å². The summed E-state index contributed by atoms with van der Waals surface area (Å²) in [5.41, 5.74) is 0. The van der Waals surface area contributed by atoms with E-state index >= 15 is 0 Å². The fourth-order valence-corrected chi connectivity index (χ4v) is 0.838. The molecule has 0 aromatic rings. The van der Waals surface area contributed by atoms with Crippen molar-refractivity contribution in [3.8, 4) is 0 Å². The zero-order valence-corrected chi connectivity index (χ0v) is 8.00. The molecule has 0 bridgehead atoms. The lowest BCUT2D eigenvalue weighted by molar-refractivity contribution is 0.206. The third kappa shape index (κ3) is 4.18. The molecule has 0 rings (SSSR count). The van der Waals surface area contributed by atoms with E-state index in [-0.39, 0.29) is 18.7 Å². The Bertz CT molecular complexity index is 137. The summed E-state index contributed by atoms with van der Waals surface area (Å²) in [5.74, 6) is 0. The minimum Gasteiger partial charge on any atom is -0.396 e. The van der Waals surface area contributed by atoms with Crippen molar-refractivity contribution in [1.29, 1.82) is 0 Å². The third-order valence-electron chi connectivity index (χ3n) is 1.70. The van der Waals surface area contributed by atoms with Crippen LogP contribution in [-0.4, -0.2) is 42.8 Å². The van der Waals surface area contributed by atoms with Crippen LogP contribution >= 0.6 is 0 Å². The molecule has 0 saturated heterocycles. The van der Waals surface area contributed by atoms with E-state index in [9.17, 15) is 4.79 Å². The Morgan fingerprint density at radius 2 is 2.17 bits per heavy atom. The molecule has 0 heterocycles. The molecule has 4 nitrogen and oxygen atoms in total. The van der Waals surface area contributed by atoms with Crippen molar-refractivity contribution in [3.63, 3.8) is 0 Å². The topological polar surface area (TPSA) is 52.6 Å². The largest absolute Gasteiger partial charge is 0.396 e. The van der Waals surface area contributed by atoms with Gasteiger partial charge in [0.25, 0.3) is 0 Å². The first-order chi connectivity index (χ1) is 5.61. The van der Waals surface area contributed by atoms with Gasteiger partial charge < -0.3 is 15.3 Å². The van der Waals surface area contributed by atoms with Gasteiger partial charge in [-0.15, -0.1) is 0 Å². The molecule has 0 radical (unpaired) electrons. The van der Waals surface area contributed by atoms with E-state index in [0.717, 1.165) is 6.42 Å². The molecule has 0 aliphatic heterocycles. The van der Waals surface area contributed by atoms with Crippen molar-refractivity contribution in [2.45, 2.75) is 25.8 Å². The number of hydrogen-bond acceptors (Lipinski definition) is 2. The van der Waals surface area contributed by atoms with Crippen LogP contribution in [0.15, 0.2) is 0 Å². The van der Waals surface area contributed by atoms with E-state index in [4.69, 9.17) is 5.11 Å². The van der Waals surface area contributed by atoms with E-state index in [1.807, 2.05) is 6.92 Å². The predicted molar refractivity (Wildman–Crippen MR) is 48.0 cm³/mol. The maximum atomic E-state index is 11.1. The first-order valence-electron chi connectivity index (χ1n) is 4.20. The van der Waals surface area contributed by atoms with Crippen molar-refractivity contribution >= 4 is 6.03 Å². The monoisotopic (exact) mass is 174 g/mol. The van der Waals surface area contributed by atoms with Crippen LogP contribution in [0.3, 0.4) is 0 Å². The van der Waals surface area contributed by atoms with Gasteiger partial charge in [-0.05, 0) is 12.8 Å². The van der Waals surface area contributed by atoms with Gasteiger partial charge in [0.15, 0.2) is 0 Å². The smallest absolute Gasteiger partial charge is 0.317 e. The highest BCUT2D eigenvalue weighted by Gasteiger charge is 2.10. The van der Waals surface area contributed by atoms with Gasteiger partial charge in [0.1, 0.15) is 0 Å². The lowest BCUT2D eigenvalue weighted by Crippen LogP contribution is -2.41. The van der Waals surface area contributed by atoms with Crippen molar-refractivity contribution < 1.29 is 9.90 Å². The summed E-state index contributed by atoms with van der Waals surface area (Å²) in [7, 11) is 3.39. The second-order valence-corrected chi connectivity index (χ2v) is 2.96. The molecule has 2 N–H and O–H groups in total. The fraction of sp³-hybridized carbons (Fsp3) is 0.875. The van der Waals surface area contributed by atoms with Crippen molar-refractivity contribution in [2.24, 2.45) is 0 Å². The quantitative estimate of drug-likeness (QED) is 0.649. The number of aliphatic hydroxyl groups is 1. The number of amides is 2. The molecule has 0 aliphatic rings. The van der Waals surface area contributed by atoms with E-state index in [1.165, 1.54) is 4.90 Å². The fourth-order valence-electron chi connectivity index (χ4n) is 0.838. The summed E-state index contributed by atoms with van der Waals surface area (Å²) >= 11 is 0. The van der Waals surface area contributed by atoms with Crippen molar-refractivity contribution in [2.75, 3.05) is 20.7 Å². The molecule has 0 aromatic heterocycles. The predicted octanol–water partition coefficient (Wildman–Crippen LogP) is 0.419. The van der Waals surface area contributed by atoms with Gasteiger partial charge in [0.2, 0.25) is 0 Å². The lowest BCUT2D eigenvalue weighted by Gasteiger charge is -2.19. The molecule has 0 fully saturated rings. The highest BCUT2D eigenvalue weighted by Crippen LogP contribution is 1.96. The molecule has 0 saturated carbocycles. The molecule has 0 spiro atoms. The first-order valence-corrected chi connectivity index (χ1v) is 4.20. The van der Waals surface area contributed by atoms with Crippen LogP contribution in [0.2, 0.25) is 0 Å². The SMILES string of the molecule is CCC(CCO)NC(=O)N(C)C. The Hall–Kier alpha value is -0.770. The number of aliphatic hydroxyl groups excluding tert-OH is 1. The number of nitrogens with one attached hydrogen (secondary N) is 1. The van der Waals surface area contributed by atoms with Crippen molar-refractivity contribution in [1.82, 2.24) is 10.2 Å². The van der Waals surface area contributed by atoms with Gasteiger partial charge in [-0.2, -0.15) is 0 Å². The zero-order valence-electron chi connectivity index (χ0n) is 8.00. The van der Waals surface area contributed by atoms with E-state index in [1.54, 1.807) is 14.1 Å². The molecular weight excluding hydrogens is 156 g/mol. The highest BCUT2D eigenvalue weighted by molar-refractivity contribution is 5.73. The maximum absolute atomic E-state index is 11.1. The Morgan fingerprint density at radius 1 is 1.58 bits per heavy atom. The molecular formula is C8H18N2O2. The molecule has 0 aliphatic carbocycles. The number of nitrogens with zero attached hydrogens (tertiary/aromatic N) is 1. The van der Waals surface area contributed by atoms with Gasteiger partial charge in [-0.3, -0.25) is 0 Å². The van der Waals surface area contributed by atoms with Crippen LogP contribution in [0.25, 0.3) is 0 Å². The summed E-state index contributed by atoms with van der Waals surface area (Å²) in [6, 6.07) is -0.0137. The standard InChI is InChI=1S/C8H18N2O2/c1-4-7(5-6-11)9-8(12)10(2)3/h7,11H,4-6H2,1-3H3,(H,9,12). The Balaban J connectivity index is 3.77. The van der Waals surface area contributed by atoms with Crippen molar-refractivity contribution in [3.05, 3.63) is 0 Å². The summed E-state index contributed by atoms with van der Waals surface area (Å²) in [6.45, 7) is 2.10. The Kier molecular flexibility index (Phi) is 5.45. The number of urea groups is 1. The number of rotatable bonds is 4. The van der Waals surface area contributed by atoms with Crippen LogP contribution < -0.4 is 5.32 Å². The second kappa shape index (κ2) is 5.83. The minimum atomic E-state index is -0.102. The number of hydrogen-bond donors (Lipinski definition) is 2. The van der Waals surface area contributed by atoms with Gasteiger partial charge in [0.05, 0.1) is 0 Å². The molecule has 1 atom stereocenters. The van der Waals surface area contributed by atoms with Crippen LogP contribution in [-0.2, 0) is 0 Å². The highest BCUT2D eigenvalue weighted by atomic mass is 16.3. The summed E-state index contributed by atoms with van der Waals surface area (Å²) in [6.07, 6.45) is 1.47. The molecule has 12 heavy (non-hydrogen) atoms. The second-order valence-electron chi connectivity index (χ2n) is 2.96. The zero-order chi connectivity index (χ0) is 9.56. The number of carbonyl (C=O) groups excluding carboxylic acids is 1. The Labute approximate surface area is 73.6 Å². The minimum absolute atomic E-state index is 0.0879. The number of carbonyl (C=O) groups is 1. The van der Waals surface area contributed by atoms with E-state index in [0.29, 0.717) is 6.42 Å².